The Morgan fingerprint density at radius 3 is 1.15 bits per heavy atom. The van der Waals surface area contributed by atoms with Gasteiger partial charge < -0.3 is 30.7 Å². The van der Waals surface area contributed by atoms with Gasteiger partial charge in [-0.3, -0.25) is 0 Å². The van der Waals surface area contributed by atoms with Crippen LogP contribution in [-0.2, 0) is 21.8 Å². The fourth-order valence-electron chi connectivity index (χ4n) is 5.12. The lowest BCUT2D eigenvalue weighted by Gasteiger charge is -2.24. The van der Waals surface area contributed by atoms with E-state index < -0.39 is 46.9 Å². The lowest BCUT2D eigenvalue weighted by Crippen LogP contribution is -2.42. The first-order valence-corrected chi connectivity index (χ1v) is 14.9. The predicted octanol–water partition coefficient (Wildman–Crippen LogP) is 6.57. The topological polar surface area (TPSA) is 101 Å². The number of carbonyl (C=O) groups is 2. The maximum absolute atomic E-state index is 12.6. The second kappa shape index (κ2) is 14.5. The number of carbonyl (C=O) groups excluding carboxylic acids is 2. The van der Waals surface area contributed by atoms with Gasteiger partial charge in [0.1, 0.15) is 11.2 Å². The first-order chi connectivity index (χ1) is 21.1. The Morgan fingerprint density at radius 2 is 0.891 bits per heavy atom. The third-order valence-electron chi connectivity index (χ3n) is 7.16. The number of hydrogen-bond donors (Lipinski definition) is 4. The fraction of sp³-hybridized carbons (Fsp3) is 0.562. The summed E-state index contributed by atoms with van der Waals surface area (Å²) in [6.45, 7) is 12.9. The number of alkyl carbamates (subject to hydrolysis) is 2. The number of ether oxygens (including phenoxy) is 2. The van der Waals surface area contributed by atoms with Crippen LogP contribution in [0.4, 0.5) is 35.9 Å². The zero-order valence-electron chi connectivity index (χ0n) is 26.7. The normalized spacial score (nSPS) is 22.0. The third kappa shape index (κ3) is 11.4. The number of alkyl halides is 6. The van der Waals surface area contributed by atoms with Crippen LogP contribution in [0.3, 0.4) is 0 Å². The minimum absolute atomic E-state index is 0.0928. The van der Waals surface area contributed by atoms with Gasteiger partial charge in [0, 0.05) is 38.0 Å². The largest absolute Gasteiger partial charge is 0.444 e. The number of nitrogens with one attached hydrogen (secondary N) is 4. The second-order valence-electron chi connectivity index (χ2n) is 13.3. The number of benzene rings is 2. The average Bonchev–Trinajstić information content (AvgIpc) is 3.55. The molecule has 0 aromatic heterocycles. The molecule has 2 aromatic rings. The van der Waals surface area contributed by atoms with E-state index in [0.717, 1.165) is 35.4 Å². The van der Waals surface area contributed by atoms with E-state index in [4.69, 9.17) is 9.47 Å². The van der Waals surface area contributed by atoms with Crippen molar-refractivity contribution in [1.29, 1.82) is 0 Å². The highest BCUT2D eigenvalue weighted by Gasteiger charge is 2.35. The van der Waals surface area contributed by atoms with Gasteiger partial charge in [-0.05, 0) is 76.9 Å². The van der Waals surface area contributed by atoms with E-state index in [2.05, 4.69) is 21.3 Å². The Labute approximate surface area is 265 Å². The molecule has 0 unspecified atom stereocenters. The molecule has 2 aliphatic heterocycles. The molecule has 4 atom stereocenters. The molecular weight excluding hydrogens is 618 g/mol. The fourth-order valence-corrected chi connectivity index (χ4v) is 5.12. The first-order valence-electron chi connectivity index (χ1n) is 14.9. The maximum atomic E-state index is 12.6. The van der Waals surface area contributed by atoms with Gasteiger partial charge in [-0.15, -0.1) is 0 Å². The van der Waals surface area contributed by atoms with Crippen molar-refractivity contribution in [3.8, 4) is 0 Å². The summed E-state index contributed by atoms with van der Waals surface area (Å²) in [5.41, 5.74) is -1.04. The van der Waals surface area contributed by atoms with E-state index in [0.29, 0.717) is 26.2 Å². The van der Waals surface area contributed by atoms with Gasteiger partial charge in [0.2, 0.25) is 0 Å². The molecule has 2 aromatic carbocycles. The number of rotatable bonds is 4. The Bertz CT molecular complexity index is 1200. The highest BCUT2D eigenvalue weighted by molar-refractivity contribution is 5.69. The van der Waals surface area contributed by atoms with Gasteiger partial charge in [0.25, 0.3) is 0 Å². The minimum Gasteiger partial charge on any atom is -0.444 e. The molecule has 256 valence electrons. The number of hydrogen-bond acceptors (Lipinski definition) is 6. The van der Waals surface area contributed by atoms with Gasteiger partial charge in [-0.25, -0.2) is 9.59 Å². The molecule has 0 bridgehead atoms. The summed E-state index contributed by atoms with van der Waals surface area (Å²) in [7, 11) is 0. The maximum Gasteiger partial charge on any atom is 0.416 e. The van der Waals surface area contributed by atoms with Crippen LogP contribution in [0, 0.1) is 0 Å². The van der Waals surface area contributed by atoms with E-state index in [1.54, 1.807) is 41.5 Å². The number of halogens is 6. The van der Waals surface area contributed by atoms with Crippen molar-refractivity contribution in [2.24, 2.45) is 0 Å². The summed E-state index contributed by atoms with van der Waals surface area (Å²) >= 11 is 0. The van der Waals surface area contributed by atoms with Crippen molar-refractivity contribution < 1.29 is 45.4 Å². The molecule has 8 nitrogen and oxygen atoms in total. The predicted molar refractivity (Wildman–Crippen MR) is 160 cm³/mol. The molecule has 14 heteroatoms. The molecule has 4 rings (SSSR count). The molecule has 4 N–H and O–H groups in total. The summed E-state index contributed by atoms with van der Waals surface area (Å²) in [5.74, 6) is -0.186. The van der Waals surface area contributed by atoms with E-state index in [1.807, 2.05) is 0 Å². The van der Waals surface area contributed by atoms with Crippen LogP contribution in [0.1, 0.15) is 75.6 Å². The first kappa shape index (κ1) is 36.9. The highest BCUT2D eigenvalue weighted by Crippen LogP contribution is 2.33. The summed E-state index contributed by atoms with van der Waals surface area (Å²) in [6.07, 6.45) is -9.74. The van der Waals surface area contributed by atoms with Crippen LogP contribution >= 0.6 is 0 Å². The zero-order chi connectivity index (χ0) is 34.5. The quantitative estimate of drug-likeness (QED) is 0.277. The minimum atomic E-state index is -4.35. The SMILES string of the molecule is CC(C)(C)OC(=O)N[C@@H]1CNC[C@H]1c1ccc(C(F)(F)F)cc1.CC(C)(C)OC(=O)N[C@H]1CNC[C@@H]1c1ccc(C(F)(F)F)cc1. The third-order valence-corrected chi connectivity index (χ3v) is 7.16. The zero-order valence-corrected chi connectivity index (χ0v) is 26.7. The highest BCUT2D eigenvalue weighted by atomic mass is 19.4. The molecule has 2 aliphatic rings. The van der Waals surface area contributed by atoms with Gasteiger partial charge >= 0.3 is 24.5 Å². The lowest BCUT2D eigenvalue weighted by molar-refractivity contribution is -0.138. The molecule has 2 saturated heterocycles. The molecule has 0 radical (unpaired) electrons. The molecule has 0 spiro atoms. The Kier molecular flexibility index (Phi) is 11.6. The van der Waals surface area contributed by atoms with Gasteiger partial charge in [0.15, 0.2) is 0 Å². The van der Waals surface area contributed by atoms with E-state index >= 15 is 0 Å². The van der Waals surface area contributed by atoms with Gasteiger partial charge in [0.05, 0.1) is 23.2 Å². The second-order valence-corrected chi connectivity index (χ2v) is 13.3. The van der Waals surface area contributed by atoms with Crippen molar-refractivity contribution >= 4 is 12.2 Å². The molecule has 0 saturated carbocycles. The monoisotopic (exact) mass is 660 g/mol. The van der Waals surface area contributed by atoms with Crippen molar-refractivity contribution in [3.63, 3.8) is 0 Å². The van der Waals surface area contributed by atoms with Gasteiger partial charge in [-0.1, -0.05) is 24.3 Å². The Morgan fingerprint density at radius 1 is 0.587 bits per heavy atom. The summed E-state index contributed by atoms with van der Waals surface area (Å²) in [5, 5.41) is 11.8. The molecule has 46 heavy (non-hydrogen) atoms. The van der Waals surface area contributed by atoms with Crippen LogP contribution in [0.2, 0.25) is 0 Å². The molecule has 2 fully saturated rings. The molecule has 0 aliphatic carbocycles. The van der Waals surface area contributed by atoms with E-state index in [9.17, 15) is 35.9 Å². The van der Waals surface area contributed by atoms with Crippen LogP contribution < -0.4 is 21.3 Å². The summed E-state index contributed by atoms with van der Waals surface area (Å²) in [6, 6.07) is 9.68. The summed E-state index contributed by atoms with van der Waals surface area (Å²) < 4.78 is 86.1. The van der Waals surface area contributed by atoms with Crippen LogP contribution in [0.15, 0.2) is 48.5 Å². The van der Waals surface area contributed by atoms with Crippen LogP contribution in [-0.4, -0.2) is 61.7 Å². The molecule has 2 amide bonds. The Balaban J connectivity index is 0.000000250. The lowest BCUT2D eigenvalue weighted by atomic mass is 9.93. The standard InChI is InChI=1S/2C16H21F3N2O2/c2*1-15(2,3)23-14(22)21-13-9-20-8-12(13)10-4-6-11(7-5-10)16(17,18)19/h2*4-7,12-13,20H,8-9H2,1-3H3,(H,21,22)/t2*12-,13+/m10/s1. The number of amides is 2. The van der Waals surface area contributed by atoms with Gasteiger partial charge in [-0.2, -0.15) is 26.3 Å². The smallest absolute Gasteiger partial charge is 0.416 e. The van der Waals surface area contributed by atoms with E-state index in [-0.39, 0.29) is 23.9 Å². The van der Waals surface area contributed by atoms with Crippen LogP contribution in [0.5, 0.6) is 0 Å². The van der Waals surface area contributed by atoms with Crippen molar-refractivity contribution in [2.75, 3.05) is 26.2 Å². The Hall–Kier alpha value is -3.52. The van der Waals surface area contributed by atoms with Crippen molar-refractivity contribution in [3.05, 3.63) is 70.8 Å². The molecule has 2 heterocycles. The van der Waals surface area contributed by atoms with Crippen molar-refractivity contribution in [2.45, 2.75) is 89.0 Å². The molecular formula is C32H42F6N4O4. The van der Waals surface area contributed by atoms with Crippen molar-refractivity contribution in [1.82, 2.24) is 21.3 Å². The summed E-state index contributed by atoms with van der Waals surface area (Å²) in [4.78, 5) is 23.7. The average molecular weight is 661 g/mol. The van der Waals surface area contributed by atoms with E-state index in [1.165, 1.54) is 24.3 Å². The van der Waals surface area contributed by atoms with Crippen LogP contribution in [0.25, 0.3) is 0 Å².